The van der Waals surface area contributed by atoms with Crippen LogP contribution in [-0.2, 0) is 13.1 Å². The van der Waals surface area contributed by atoms with E-state index >= 15 is 0 Å². The quantitative estimate of drug-likeness (QED) is 0.162. The third-order valence-electron chi connectivity index (χ3n) is 4.80. The van der Waals surface area contributed by atoms with Gasteiger partial charge in [0.15, 0.2) is 5.96 Å². The minimum atomic E-state index is 0. The number of benzene rings is 2. The summed E-state index contributed by atoms with van der Waals surface area (Å²) < 4.78 is 2.30. The van der Waals surface area contributed by atoms with Gasteiger partial charge < -0.3 is 20.2 Å². The molecule has 0 amide bonds. The van der Waals surface area contributed by atoms with E-state index in [4.69, 9.17) is 0 Å². The number of aromatic nitrogens is 2. The maximum Gasteiger partial charge on any atom is 0.191 e. The van der Waals surface area contributed by atoms with Gasteiger partial charge in [0.2, 0.25) is 0 Å². The summed E-state index contributed by atoms with van der Waals surface area (Å²) in [7, 11) is 1.81. The van der Waals surface area contributed by atoms with Crippen molar-refractivity contribution < 1.29 is 0 Å². The Bertz CT molecular complexity index is 1030. The maximum absolute atomic E-state index is 4.32. The number of para-hydroxylation sites is 2. The van der Waals surface area contributed by atoms with Crippen LogP contribution in [0.25, 0.3) is 21.8 Å². The van der Waals surface area contributed by atoms with Crippen LogP contribution in [0.5, 0.6) is 0 Å². The predicted octanol–water partition coefficient (Wildman–Crippen LogP) is 4.50. The average Bonchev–Trinajstić information content (AvgIpc) is 3.31. The van der Waals surface area contributed by atoms with Crippen molar-refractivity contribution in [3.05, 3.63) is 72.6 Å². The molecule has 3 N–H and O–H groups in total. The topological polar surface area (TPSA) is 57.1 Å². The highest BCUT2D eigenvalue weighted by Gasteiger charge is 2.03. The maximum atomic E-state index is 4.32. The lowest BCUT2D eigenvalue weighted by molar-refractivity contribution is 0.640. The lowest BCUT2D eigenvalue weighted by Gasteiger charge is -2.12. The van der Waals surface area contributed by atoms with Crippen LogP contribution in [0.4, 0.5) is 0 Å². The SMILES string of the molecule is CN=C(NCCCn1ccc2ccccc21)NCc1cc2ccccc2[nH]1.I. The second-order valence-electron chi connectivity index (χ2n) is 6.66. The highest BCUT2D eigenvalue weighted by Crippen LogP contribution is 2.15. The van der Waals surface area contributed by atoms with Crippen molar-refractivity contribution in [3.63, 3.8) is 0 Å². The summed E-state index contributed by atoms with van der Waals surface area (Å²) in [5.41, 5.74) is 3.60. The zero-order valence-electron chi connectivity index (χ0n) is 16.0. The highest BCUT2D eigenvalue weighted by atomic mass is 127. The van der Waals surface area contributed by atoms with Crippen molar-refractivity contribution in [2.24, 2.45) is 4.99 Å². The van der Waals surface area contributed by atoms with Crippen molar-refractivity contribution in [3.8, 4) is 0 Å². The number of hydrogen-bond acceptors (Lipinski definition) is 1. The summed E-state index contributed by atoms with van der Waals surface area (Å²) in [5.74, 6) is 0.825. The number of rotatable bonds is 6. The van der Waals surface area contributed by atoms with E-state index in [-0.39, 0.29) is 24.0 Å². The lowest BCUT2D eigenvalue weighted by Crippen LogP contribution is -2.37. The summed E-state index contributed by atoms with van der Waals surface area (Å²) in [6.07, 6.45) is 3.19. The van der Waals surface area contributed by atoms with Crippen LogP contribution >= 0.6 is 24.0 Å². The van der Waals surface area contributed by atoms with Crippen LogP contribution in [0, 0.1) is 0 Å². The third kappa shape index (κ3) is 4.67. The summed E-state index contributed by atoms with van der Waals surface area (Å²) in [6.45, 7) is 2.58. The lowest BCUT2D eigenvalue weighted by atomic mass is 10.2. The molecular formula is C22H26IN5. The van der Waals surface area contributed by atoms with Gasteiger partial charge in [0.25, 0.3) is 0 Å². The smallest absolute Gasteiger partial charge is 0.191 e. The molecule has 0 aliphatic rings. The molecular weight excluding hydrogens is 461 g/mol. The fourth-order valence-corrected chi connectivity index (χ4v) is 3.42. The molecule has 146 valence electrons. The Kier molecular flexibility index (Phi) is 6.97. The van der Waals surface area contributed by atoms with Gasteiger partial charge in [0, 0.05) is 43.1 Å². The van der Waals surface area contributed by atoms with Gasteiger partial charge in [-0.25, -0.2) is 0 Å². The molecule has 2 aromatic carbocycles. The second-order valence-corrected chi connectivity index (χ2v) is 6.66. The summed E-state index contributed by atoms with van der Waals surface area (Å²) in [6, 6.07) is 21.2. The summed E-state index contributed by atoms with van der Waals surface area (Å²) in [5, 5.41) is 9.29. The molecule has 0 saturated heterocycles. The molecule has 0 unspecified atom stereocenters. The van der Waals surface area contributed by atoms with Crippen molar-refractivity contribution in [2.75, 3.05) is 13.6 Å². The molecule has 6 heteroatoms. The van der Waals surface area contributed by atoms with Gasteiger partial charge in [-0.2, -0.15) is 0 Å². The number of aryl methyl sites for hydroxylation is 1. The van der Waals surface area contributed by atoms with Gasteiger partial charge in [-0.1, -0.05) is 36.4 Å². The van der Waals surface area contributed by atoms with Crippen LogP contribution < -0.4 is 10.6 Å². The first-order valence-electron chi connectivity index (χ1n) is 9.38. The number of halogens is 1. The van der Waals surface area contributed by atoms with Crippen LogP contribution in [0.3, 0.4) is 0 Å². The zero-order valence-corrected chi connectivity index (χ0v) is 18.3. The molecule has 0 saturated carbocycles. The molecule has 28 heavy (non-hydrogen) atoms. The first-order valence-corrected chi connectivity index (χ1v) is 9.38. The van der Waals surface area contributed by atoms with Gasteiger partial charge in [-0.15, -0.1) is 24.0 Å². The van der Waals surface area contributed by atoms with E-state index < -0.39 is 0 Å². The zero-order chi connectivity index (χ0) is 18.5. The van der Waals surface area contributed by atoms with E-state index in [0.29, 0.717) is 0 Å². The number of hydrogen-bond donors (Lipinski definition) is 3. The largest absolute Gasteiger partial charge is 0.357 e. The van der Waals surface area contributed by atoms with E-state index in [9.17, 15) is 0 Å². The van der Waals surface area contributed by atoms with E-state index in [1.165, 1.54) is 16.3 Å². The highest BCUT2D eigenvalue weighted by molar-refractivity contribution is 14.0. The minimum absolute atomic E-state index is 0. The molecule has 0 aliphatic carbocycles. The summed E-state index contributed by atoms with van der Waals surface area (Å²) in [4.78, 5) is 7.74. The van der Waals surface area contributed by atoms with Crippen LogP contribution in [0.1, 0.15) is 12.1 Å². The molecule has 0 radical (unpaired) electrons. The Morgan fingerprint density at radius 3 is 2.61 bits per heavy atom. The molecule has 0 bridgehead atoms. The molecule has 0 spiro atoms. The fraction of sp³-hybridized carbons (Fsp3) is 0.227. The van der Waals surface area contributed by atoms with E-state index in [1.54, 1.807) is 7.05 Å². The number of nitrogens with one attached hydrogen (secondary N) is 3. The first kappa shape index (κ1) is 20.3. The van der Waals surface area contributed by atoms with Crippen molar-refractivity contribution in [1.29, 1.82) is 0 Å². The average molecular weight is 487 g/mol. The summed E-state index contributed by atoms with van der Waals surface area (Å²) >= 11 is 0. The molecule has 2 heterocycles. The molecule has 2 aromatic heterocycles. The standard InChI is InChI=1S/C22H25N5.HI/c1-23-22(25-16-19-15-18-8-2-4-9-20(18)26-19)24-12-6-13-27-14-11-17-7-3-5-10-21(17)27;/h2-5,7-11,14-15,26H,6,12-13,16H2,1H3,(H2,23,24,25);1H. The Morgan fingerprint density at radius 2 is 1.79 bits per heavy atom. The number of H-pyrrole nitrogens is 1. The number of guanidine groups is 1. The number of aromatic amines is 1. The molecule has 0 atom stereocenters. The molecule has 0 fully saturated rings. The monoisotopic (exact) mass is 487 g/mol. The van der Waals surface area contributed by atoms with Gasteiger partial charge >= 0.3 is 0 Å². The number of nitrogens with zero attached hydrogens (tertiary/aromatic N) is 2. The van der Waals surface area contributed by atoms with E-state index in [0.717, 1.165) is 43.2 Å². The Hall–Kier alpha value is -2.48. The fourth-order valence-electron chi connectivity index (χ4n) is 3.42. The van der Waals surface area contributed by atoms with Gasteiger partial charge in [-0.05, 0) is 41.5 Å². The van der Waals surface area contributed by atoms with Crippen LogP contribution in [-0.4, -0.2) is 29.1 Å². The van der Waals surface area contributed by atoms with Gasteiger partial charge in [0.05, 0.1) is 6.54 Å². The third-order valence-corrected chi connectivity index (χ3v) is 4.80. The first-order chi connectivity index (χ1) is 13.3. The molecule has 5 nitrogen and oxygen atoms in total. The Balaban J connectivity index is 0.00000225. The predicted molar refractivity (Wildman–Crippen MR) is 128 cm³/mol. The Labute approximate surface area is 182 Å². The normalized spacial score (nSPS) is 11.5. The van der Waals surface area contributed by atoms with Crippen molar-refractivity contribution in [1.82, 2.24) is 20.2 Å². The Morgan fingerprint density at radius 1 is 1.00 bits per heavy atom. The second kappa shape index (κ2) is 9.64. The van der Waals surface area contributed by atoms with E-state index in [2.05, 4.69) is 86.0 Å². The minimum Gasteiger partial charge on any atom is -0.357 e. The van der Waals surface area contributed by atoms with Gasteiger partial charge in [0.1, 0.15) is 0 Å². The molecule has 4 rings (SSSR count). The van der Waals surface area contributed by atoms with Crippen LogP contribution in [0.2, 0.25) is 0 Å². The molecule has 0 aliphatic heterocycles. The van der Waals surface area contributed by atoms with Crippen LogP contribution in [0.15, 0.2) is 71.9 Å². The number of fused-ring (bicyclic) bond motifs is 2. The van der Waals surface area contributed by atoms with Gasteiger partial charge in [-0.3, -0.25) is 4.99 Å². The molecule has 4 aromatic rings. The van der Waals surface area contributed by atoms with E-state index in [1.807, 2.05) is 6.07 Å². The van der Waals surface area contributed by atoms with Crippen molar-refractivity contribution >= 4 is 51.7 Å². The number of aliphatic imine (C=N–C) groups is 1. The van der Waals surface area contributed by atoms with Crippen molar-refractivity contribution in [2.45, 2.75) is 19.5 Å².